The third-order valence-electron chi connectivity index (χ3n) is 4.70. The predicted molar refractivity (Wildman–Crippen MR) is 98.6 cm³/mol. The molecule has 2 N–H and O–H groups in total. The van der Waals surface area contributed by atoms with E-state index in [9.17, 15) is 0 Å². The SMILES string of the molecule is CN=C(NCCCOCCOC)NCC1(c2ccccc2)CCC1. The lowest BCUT2D eigenvalue weighted by Crippen LogP contribution is -2.49. The summed E-state index contributed by atoms with van der Waals surface area (Å²) in [5.74, 6) is 0.870. The van der Waals surface area contributed by atoms with Crippen molar-refractivity contribution in [2.45, 2.75) is 31.1 Å². The summed E-state index contributed by atoms with van der Waals surface area (Å²) in [7, 11) is 3.51. The monoisotopic (exact) mass is 333 g/mol. The lowest BCUT2D eigenvalue weighted by atomic mass is 9.64. The molecule has 0 aromatic heterocycles. The summed E-state index contributed by atoms with van der Waals surface area (Å²) in [4.78, 5) is 4.32. The van der Waals surface area contributed by atoms with Gasteiger partial charge in [0.2, 0.25) is 0 Å². The normalized spacial score (nSPS) is 16.5. The van der Waals surface area contributed by atoms with Crippen LogP contribution in [-0.2, 0) is 14.9 Å². The second-order valence-electron chi connectivity index (χ2n) is 6.31. The maximum Gasteiger partial charge on any atom is 0.191 e. The molecule has 5 nitrogen and oxygen atoms in total. The summed E-state index contributed by atoms with van der Waals surface area (Å²) in [6.45, 7) is 3.83. The van der Waals surface area contributed by atoms with E-state index >= 15 is 0 Å². The van der Waals surface area contributed by atoms with E-state index in [1.165, 1.54) is 24.8 Å². The molecule has 0 heterocycles. The van der Waals surface area contributed by atoms with Gasteiger partial charge in [-0.05, 0) is 24.8 Å². The van der Waals surface area contributed by atoms with E-state index in [0.717, 1.165) is 32.1 Å². The summed E-state index contributed by atoms with van der Waals surface area (Å²) < 4.78 is 10.4. The molecule has 0 spiro atoms. The maximum absolute atomic E-state index is 5.46. The molecule has 0 amide bonds. The molecule has 1 aromatic carbocycles. The fourth-order valence-corrected chi connectivity index (χ4v) is 3.06. The average molecular weight is 333 g/mol. The fourth-order valence-electron chi connectivity index (χ4n) is 3.06. The third kappa shape index (κ3) is 5.49. The highest BCUT2D eigenvalue weighted by atomic mass is 16.5. The summed E-state index contributed by atoms with van der Waals surface area (Å²) in [5.41, 5.74) is 1.70. The van der Waals surface area contributed by atoms with Gasteiger partial charge in [-0.3, -0.25) is 4.99 Å². The molecule has 0 bridgehead atoms. The van der Waals surface area contributed by atoms with Gasteiger partial charge in [-0.1, -0.05) is 36.8 Å². The molecule has 134 valence electrons. The number of ether oxygens (including phenoxy) is 2. The number of hydrogen-bond acceptors (Lipinski definition) is 3. The van der Waals surface area contributed by atoms with Crippen molar-refractivity contribution in [3.8, 4) is 0 Å². The van der Waals surface area contributed by atoms with Crippen molar-refractivity contribution >= 4 is 5.96 Å². The highest BCUT2D eigenvalue weighted by molar-refractivity contribution is 5.79. The first-order valence-electron chi connectivity index (χ1n) is 8.87. The summed E-state index contributed by atoms with van der Waals surface area (Å²) >= 11 is 0. The molecule has 0 unspecified atom stereocenters. The van der Waals surface area contributed by atoms with E-state index in [0.29, 0.717) is 13.2 Å². The number of aliphatic imine (C=N–C) groups is 1. The summed E-state index contributed by atoms with van der Waals surface area (Å²) in [6, 6.07) is 10.8. The quantitative estimate of drug-likeness (QED) is 0.392. The highest BCUT2D eigenvalue weighted by Crippen LogP contribution is 2.43. The number of nitrogens with one attached hydrogen (secondary N) is 2. The van der Waals surface area contributed by atoms with E-state index in [1.54, 1.807) is 7.11 Å². The van der Waals surface area contributed by atoms with Gasteiger partial charge in [0.25, 0.3) is 0 Å². The molecule has 2 rings (SSSR count). The first kappa shape index (κ1) is 18.7. The van der Waals surface area contributed by atoms with E-state index < -0.39 is 0 Å². The second-order valence-corrected chi connectivity index (χ2v) is 6.31. The van der Waals surface area contributed by atoms with Gasteiger partial charge in [0.15, 0.2) is 5.96 Å². The molecule has 1 aliphatic carbocycles. The highest BCUT2D eigenvalue weighted by Gasteiger charge is 2.38. The predicted octanol–water partition coefficient (Wildman–Crippen LogP) is 2.33. The molecule has 1 aliphatic rings. The Kier molecular flexibility index (Phi) is 8.05. The van der Waals surface area contributed by atoms with Crippen molar-refractivity contribution in [1.82, 2.24) is 10.6 Å². The molecule has 1 fully saturated rings. The zero-order valence-corrected chi connectivity index (χ0v) is 15.0. The first-order valence-corrected chi connectivity index (χ1v) is 8.87. The van der Waals surface area contributed by atoms with Crippen LogP contribution in [-0.4, -0.2) is 53.0 Å². The topological polar surface area (TPSA) is 54.9 Å². The first-order chi connectivity index (χ1) is 11.8. The number of hydrogen-bond donors (Lipinski definition) is 2. The van der Waals surface area contributed by atoms with Crippen LogP contribution in [0.25, 0.3) is 0 Å². The van der Waals surface area contributed by atoms with Crippen molar-refractivity contribution in [2.24, 2.45) is 4.99 Å². The molecule has 0 saturated heterocycles. The van der Waals surface area contributed by atoms with Crippen LogP contribution in [0.5, 0.6) is 0 Å². The number of nitrogens with zero attached hydrogens (tertiary/aromatic N) is 1. The maximum atomic E-state index is 5.46. The van der Waals surface area contributed by atoms with Crippen LogP contribution < -0.4 is 10.6 Å². The third-order valence-corrected chi connectivity index (χ3v) is 4.70. The molecule has 1 aromatic rings. The number of benzene rings is 1. The largest absolute Gasteiger partial charge is 0.382 e. The minimum atomic E-state index is 0.266. The molecule has 24 heavy (non-hydrogen) atoms. The van der Waals surface area contributed by atoms with Crippen LogP contribution in [0.3, 0.4) is 0 Å². The molecule has 0 atom stereocenters. The van der Waals surface area contributed by atoms with Gasteiger partial charge in [0.05, 0.1) is 13.2 Å². The van der Waals surface area contributed by atoms with Crippen LogP contribution in [0.15, 0.2) is 35.3 Å². The Hall–Kier alpha value is -1.59. The fraction of sp³-hybridized carbons (Fsp3) is 0.632. The summed E-state index contributed by atoms with van der Waals surface area (Å²) in [6.07, 6.45) is 4.75. The average Bonchev–Trinajstić information content (AvgIpc) is 2.59. The Morgan fingerprint density at radius 3 is 2.54 bits per heavy atom. The summed E-state index contributed by atoms with van der Waals surface area (Å²) in [5, 5.41) is 6.86. The van der Waals surface area contributed by atoms with E-state index in [2.05, 4.69) is 46.0 Å². The molecular weight excluding hydrogens is 302 g/mol. The van der Waals surface area contributed by atoms with Crippen LogP contribution in [0.4, 0.5) is 0 Å². The molecule has 0 radical (unpaired) electrons. The van der Waals surface area contributed by atoms with Crippen molar-refractivity contribution in [3.05, 3.63) is 35.9 Å². The minimum Gasteiger partial charge on any atom is -0.382 e. The standard InChI is InChI=1S/C19H31N3O2/c1-20-18(21-12-7-13-24-15-14-23-2)22-16-19(10-6-11-19)17-8-4-3-5-9-17/h3-5,8-9H,6-7,10-16H2,1-2H3,(H2,20,21,22). The number of methoxy groups -OCH3 is 1. The lowest BCUT2D eigenvalue weighted by molar-refractivity contribution is 0.0698. The van der Waals surface area contributed by atoms with Crippen LogP contribution >= 0.6 is 0 Å². The molecular formula is C19H31N3O2. The van der Waals surface area contributed by atoms with Gasteiger partial charge in [0.1, 0.15) is 0 Å². The van der Waals surface area contributed by atoms with Gasteiger partial charge in [-0.2, -0.15) is 0 Å². The van der Waals surface area contributed by atoms with Gasteiger partial charge in [0, 0.05) is 39.3 Å². The Bertz CT molecular complexity index is 487. The second kappa shape index (κ2) is 10.3. The zero-order chi connectivity index (χ0) is 17.1. The van der Waals surface area contributed by atoms with Crippen LogP contribution in [0.2, 0.25) is 0 Å². The Labute approximate surface area is 145 Å². The number of guanidine groups is 1. The van der Waals surface area contributed by atoms with Gasteiger partial charge < -0.3 is 20.1 Å². The van der Waals surface area contributed by atoms with Crippen molar-refractivity contribution < 1.29 is 9.47 Å². The number of rotatable bonds is 10. The minimum absolute atomic E-state index is 0.266. The van der Waals surface area contributed by atoms with Crippen molar-refractivity contribution in [2.75, 3.05) is 47.1 Å². The van der Waals surface area contributed by atoms with Crippen LogP contribution in [0, 0.1) is 0 Å². The Morgan fingerprint density at radius 1 is 1.12 bits per heavy atom. The van der Waals surface area contributed by atoms with Gasteiger partial charge in [-0.25, -0.2) is 0 Å². The molecule has 0 aliphatic heterocycles. The van der Waals surface area contributed by atoms with Crippen molar-refractivity contribution in [3.63, 3.8) is 0 Å². The zero-order valence-electron chi connectivity index (χ0n) is 15.0. The Morgan fingerprint density at radius 2 is 1.92 bits per heavy atom. The lowest BCUT2D eigenvalue weighted by Gasteiger charge is -2.43. The van der Waals surface area contributed by atoms with Crippen molar-refractivity contribution in [1.29, 1.82) is 0 Å². The smallest absolute Gasteiger partial charge is 0.191 e. The van der Waals surface area contributed by atoms with Gasteiger partial charge in [-0.15, -0.1) is 0 Å². The van der Waals surface area contributed by atoms with E-state index in [4.69, 9.17) is 9.47 Å². The van der Waals surface area contributed by atoms with E-state index in [-0.39, 0.29) is 5.41 Å². The molecule has 5 heteroatoms. The van der Waals surface area contributed by atoms with Crippen LogP contribution in [0.1, 0.15) is 31.2 Å². The van der Waals surface area contributed by atoms with E-state index in [1.807, 2.05) is 7.05 Å². The molecule has 1 saturated carbocycles. The Balaban J connectivity index is 1.69. The van der Waals surface area contributed by atoms with Gasteiger partial charge >= 0.3 is 0 Å².